The van der Waals surface area contributed by atoms with Crippen LogP contribution in [0.25, 0.3) is 0 Å². The molecule has 1 aliphatic heterocycles. The molecule has 1 heterocycles. The monoisotopic (exact) mass is 335 g/mol. The summed E-state index contributed by atoms with van der Waals surface area (Å²) >= 11 is 0. The average molecular weight is 336 g/mol. The predicted octanol–water partition coefficient (Wildman–Crippen LogP) is 5.66. The van der Waals surface area contributed by atoms with Gasteiger partial charge in [0, 0.05) is 0 Å². The fourth-order valence-electron chi connectivity index (χ4n) is 3.96. The lowest BCUT2D eigenvalue weighted by molar-refractivity contribution is 0.181. The van der Waals surface area contributed by atoms with E-state index in [1.807, 2.05) is 0 Å². The van der Waals surface area contributed by atoms with E-state index in [1.54, 1.807) is 0 Å². The maximum atomic E-state index is 2.69. The average Bonchev–Trinajstić information content (AvgIpc) is 2.65. The van der Waals surface area contributed by atoms with Crippen molar-refractivity contribution in [1.82, 2.24) is 4.90 Å². The van der Waals surface area contributed by atoms with E-state index in [2.05, 4.69) is 66.4 Å². The fourth-order valence-corrected chi connectivity index (χ4v) is 3.96. The van der Waals surface area contributed by atoms with Gasteiger partial charge >= 0.3 is 0 Å². The number of unbranched alkanes of at least 4 members (excludes halogenated alkanes) is 2. The maximum absolute atomic E-state index is 2.69. The van der Waals surface area contributed by atoms with Crippen molar-refractivity contribution < 1.29 is 0 Å². The summed E-state index contributed by atoms with van der Waals surface area (Å²) in [5.41, 5.74) is 4.36. The van der Waals surface area contributed by atoms with Gasteiger partial charge in [-0.3, -0.25) is 0 Å². The van der Waals surface area contributed by atoms with Crippen molar-refractivity contribution in [3.63, 3.8) is 0 Å². The van der Waals surface area contributed by atoms with Crippen molar-refractivity contribution in [2.45, 2.75) is 51.9 Å². The van der Waals surface area contributed by atoms with Gasteiger partial charge < -0.3 is 4.90 Å². The van der Waals surface area contributed by atoms with Crippen LogP contribution in [0, 0.1) is 12.8 Å². The summed E-state index contributed by atoms with van der Waals surface area (Å²) in [5, 5.41) is 0. The SMILES string of the molecule is Cc1ccc(CCCCCN2CCC(Cc3ccccc3)CC2)cc1. The van der Waals surface area contributed by atoms with Crippen LogP contribution in [-0.2, 0) is 12.8 Å². The van der Waals surface area contributed by atoms with Gasteiger partial charge in [0.1, 0.15) is 0 Å². The zero-order chi connectivity index (χ0) is 17.3. The third kappa shape index (κ3) is 6.32. The highest BCUT2D eigenvalue weighted by Crippen LogP contribution is 2.22. The molecule has 0 radical (unpaired) electrons. The van der Waals surface area contributed by atoms with Crippen LogP contribution in [0.4, 0.5) is 0 Å². The van der Waals surface area contributed by atoms with Gasteiger partial charge in [-0.1, -0.05) is 66.6 Å². The van der Waals surface area contributed by atoms with E-state index >= 15 is 0 Å². The number of hydrogen-bond acceptors (Lipinski definition) is 1. The van der Waals surface area contributed by atoms with Crippen LogP contribution in [0.5, 0.6) is 0 Å². The number of rotatable bonds is 8. The van der Waals surface area contributed by atoms with E-state index in [0.29, 0.717) is 0 Å². The zero-order valence-corrected chi connectivity index (χ0v) is 15.8. The quantitative estimate of drug-likeness (QED) is 0.562. The zero-order valence-electron chi connectivity index (χ0n) is 15.8. The van der Waals surface area contributed by atoms with Gasteiger partial charge in [0.2, 0.25) is 0 Å². The van der Waals surface area contributed by atoms with Gasteiger partial charge in [-0.05, 0) is 82.1 Å². The third-order valence-electron chi connectivity index (χ3n) is 5.63. The molecule has 0 bridgehead atoms. The highest BCUT2D eigenvalue weighted by molar-refractivity contribution is 5.21. The highest BCUT2D eigenvalue weighted by atomic mass is 15.1. The van der Waals surface area contributed by atoms with Crippen LogP contribution >= 0.6 is 0 Å². The minimum atomic E-state index is 0.889. The Morgan fingerprint density at radius 3 is 2.24 bits per heavy atom. The molecule has 0 aromatic heterocycles. The lowest BCUT2D eigenvalue weighted by atomic mass is 9.90. The Labute approximate surface area is 154 Å². The summed E-state index contributed by atoms with van der Waals surface area (Å²) in [6, 6.07) is 20.0. The number of benzene rings is 2. The minimum absolute atomic E-state index is 0.889. The second-order valence-corrected chi connectivity index (χ2v) is 7.77. The molecule has 3 rings (SSSR count). The van der Waals surface area contributed by atoms with E-state index in [0.717, 1.165) is 5.92 Å². The molecule has 25 heavy (non-hydrogen) atoms. The summed E-state index contributed by atoms with van der Waals surface area (Å²) in [4.78, 5) is 2.69. The fraction of sp³-hybridized carbons (Fsp3) is 0.500. The highest BCUT2D eigenvalue weighted by Gasteiger charge is 2.18. The van der Waals surface area contributed by atoms with Crippen molar-refractivity contribution in [1.29, 1.82) is 0 Å². The van der Waals surface area contributed by atoms with Crippen molar-refractivity contribution in [2.24, 2.45) is 5.92 Å². The van der Waals surface area contributed by atoms with E-state index < -0.39 is 0 Å². The van der Waals surface area contributed by atoms with E-state index in [4.69, 9.17) is 0 Å². The van der Waals surface area contributed by atoms with Crippen LogP contribution in [-0.4, -0.2) is 24.5 Å². The normalized spacial score (nSPS) is 16.2. The molecule has 2 aromatic carbocycles. The first-order chi connectivity index (χ1) is 12.3. The second kappa shape index (κ2) is 9.77. The van der Waals surface area contributed by atoms with Crippen molar-refractivity contribution >= 4 is 0 Å². The van der Waals surface area contributed by atoms with Gasteiger partial charge in [0.05, 0.1) is 0 Å². The van der Waals surface area contributed by atoms with Crippen LogP contribution in [0.3, 0.4) is 0 Å². The molecule has 0 unspecified atom stereocenters. The molecule has 1 fully saturated rings. The lowest BCUT2D eigenvalue weighted by Gasteiger charge is -2.32. The standard InChI is InChI=1S/C24H33N/c1-21-11-13-22(14-12-21)8-6-3-7-17-25-18-15-24(16-19-25)20-23-9-4-2-5-10-23/h2,4-5,9-14,24H,3,6-8,15-20H2,1H3. The van der Waals surface area contributed by atoms with Gasteiger partial charge in [0.15, 0.2) is 0 Å². The number of piperidine rings is 1. The largest absolute Gasteiger partial charge is 0.303 e. The molecule has 0 spiro atoms. The van der Waals surface area contributed by atoms with Gasteiger partial charge in [-0.2, -0.15) is 0 Å². The Morgan fingerprint density at radius 1 is 0.800 bits per heavy atom. The maximum Gasteiger partial charge on any atom is -0.00160 e. The molecule has 0 saturated carbocycles. The smallest absolute Gasteiger partial charge is 0.00160 e. The Hall–Kier alpha value is -1.60. The predicted molar refractivity (Wildman–Crippen MR) is 108 cm³/mol. The Bertz CT molecular complexity index is 594. The summed E-state index contributed by atoms with van der Waals surface area (Å²) in [5.74, 6) is 0.889. The van der Waals surface area contributed by atoms with Crippen LogP contribution < -0.4 is 0 Å². The van der Waals surface area contributed by atoms with Crippen molar-refractivity contribution in [3.05, 3.63) is 71.3 Å². The Morgan fingerprint density at radius 2 is 1.52 bits per heavy atom. The Balaban J connectivity index is 1.26. The number of likely N-dealkylation sites (tertiary alicyclic amines) is 1. The molecular weight excluding hydrogens is 302 g/mol. The number of hydrogen-bond donors (Lipinski definition) is 0. The first kappa shape index (κ1) is 18.2. The minimum Gasteiger partial charge on any atom is -0.303 e. The van der Waals surface area contributed by atoms with E-state index in [9.17, 15) is 0 Å². The summed E-state index contributed by atoms with van der Waals surface area (Å²) < 4.78 is 0. The summed E-state index contributed by atoms with van der Waals surface area (Å²) in [7, 11) is 0. The van der Waals surface area contributed by atoms with Crippen LogP contribution in [0.15, 0.2) is 54.6 Å². The molecule has 1 heteroatoms. The molecule has 0 atom stereocenters. The number of nitrogens with zero attached hydrogens (tertiary/aromatic N) is 1. The second-order valence-electron chi connectivity index (χ2n) is 7.77. The third-order valence-corrected chi connectivity index (χ3v) is 5.63. The van der Waals surface area contributed by atoms with Gasteiger partial charge in [-0.15, -0.1) is 0 Å². The molecule has 0 amide bonds. The van der Waals surface area contributed by atoms with Crippen LogP contribution in [0.2, 0.25) is 0 Å². The molecule has 1 aliphatic rings. The van der Waals surface area contributed by atoms with Crippen molar-refractivity contribution in [2.75, 3.05) is 19.6 Å². The Kier molecular flexibility index (Phi) is 7.11. The first-order valence-electron chi connectivity index (χ1n) is 10.1. The summed E-state index contributed by atoms with van der Waals surface area (Å²) in [6.45, 7) is 6.06. The van der Waals surface area contributed by atoms with Gasteiger partial charge in [0.25, 0.3) is 0 Å². The lowest BCUT2D eigenvalue weighted by Crippen LogP contribution is -2.35. The molecule has 0 aliphatic carbocycles. The first-order valence-corrected chi connectivity index (χ1v) is 10.1. The van der Waals surface area contributed by atoms with Gasteiger partial charge in [-0.25, -0.2) is 0 Å². The van der Waals surface area contributed by atoms with Crippen LogP contribution in [0.1, 0.15) is 48.8 Å². The topological polar surface area (TPSA) is 3.24 Å². The van der Waals surface area contributed by atoms with E-state index in [1.165, 1.54) is 81.3 Å². The molecule has 134 valence electrons. The molecule has 1 nitrogen and oxygen atoms in total. The van der Waals surface area contributed by atoms with Crippen molar-refractivity contribution in [3.8, 4) is 0 Å². The molecular formula is C24H33N. The molecule has 0 N–H and O–H groups in total. The molecule has 2 aromatic rings. The van der Waals surface area contributed by atoms with E-state index in [-0.39, 0.29) is 0 Å². The molecule has 1 saturated heterocycles. The summed E-state index contributed by atoms with van der Waals surface area (Å²) in [6.07, 6.45) is 9.29. The number of aryl methyl sites for hydroxylation is 2.